The molecule has 1 unspecified atom stereocenters. The van der Waals surface area contributed by atoms with Crippen molar-refractivity contribution in [2.24, 2.45) is 5.73 Å². The van der Waals surface area contributed by atoms with E-state index < -0.39 is 0 Å². The molecule has 1 atom stereocenters. The fourth-order valence-corrected chi connectivity index (χ4v) is 2.25. The van der Waals surface area contributed by atoms with Gasteiger partial charge in [-0.1, -0.05) is 55.5 Å². The molecule has 0 radical (unpaired) electrons. The lowest BCUT2D eigenvalue weighted by Crippen LogP contribution is -2.44. The van der Waals surface area contributed by atoms with E-state index in [1.807, 2.05) is 49.4 Å². The molecule has 0 heterocycles. The lowest BCUT2D eigenvalue weighted by atomic mass is 10.1. The molecule has 2 rings (SSSR count). The minimum atomic E-state index is -0.305. The van der Waals surface area contributed by atoms with E-state index in [0.29, 0.717) is 11.4 Å². The SMILES string of the molecule is CCC(NC(=O)Nc1cccc2ccccc12)C(N)=S. The van der Waals surface area contributed by atoms with Gasteiger partial charge in [-0.15, -0.1) is 0 Å². The molecule has 0 saturated heterocycles. The molecule has 0 aliphatic carbocycles. The number of thiocarbonyl (C=S) groups is 1. The van der Waals surface area contributed by atoms with Gasteiger partial charge in [-0.05, 0) is 17.9 Å². The van der Waals surface area contributed by atoms with Crippen LogP contribution >= 0.6 is 12.2 Å². The Kier molecular flexibility index (Phi) is 4.53. The smallest absolute Gasteiger partial charge is 0.319 e. The van der Waals surface area contributed by atoms with Gasteiger partial charge in [0, 0.05) is 5.39 Å². The van der Waals surface area contributed by atoms with Crippen molar-refractivity contribution in [3.8, 4) is 0 Å². The van der Waals surface area contributed by atoms with Crippen LogP contribution in [0.3, 0.4) is 0 Å². The largest absolute Gasteiger partial charge is 0.392 e. The maximum Gasteiger partial charge on any atom is 0.319 e. The van der Waals surface area contributed by atoms with E-state index in [1.165, 1.54) is 0 Å². The molecule has 2 aromatic carbocycles. The van der Waals surface area contributed by atoms with Crippen LogP contribution < -0.4 is 16.4 Å². The summed E-state index contributed by atoms with van der Waals surface area (Å²) in [6.07, 6.45) is 0.665. The first kappa shape index (κ1) is 14.3. The minimum Gasteiger partial charge on any atom is -0.392 e. The first-order valence-corrected chi connectivity index (χ1v) is 6.87. The highest BCUT2D eigenvalue weighted by atomic mass is 32.1. The minimum absolute atomic E-state index is 0.292. The molecule has 0 saturated carbocycles. The molecule has 0 aromatic heterocycles. The summed E-state index contributed by atoms with van der Waals surface area (Å²) in [4.78, 5) is 12.3. The maximum absolute atomic E-state index is 12.0. The van der Waals surface area contributed by atoms with Gasteiger partial charge in [0.25, 0.3) is 0 Å². The van der Waals surface area contributed by atoms with Crippen molar-refractivity contribution in [3.63, 3.8) is 0 Å². The molecule has 5 heteroatoms. The summed E-state index contributed by atoms with van der Waals surface area (Å²) >= 11 is 4.91. The number of carbonyl (C=O) groups is 1. The van der Waals surface area contributed by atoms with E-state index >= 15 is 0 Å². The molecule has 0 spiro atoms. The van der Waals surface area contributed by atoms with Gasteiger partial charge >= 0.3 is 6.03 Å². The van der Waals surface area contributed by atoms with Gasteiger partial charge in [0.05, 0.1) is 16.7 Å². The van der Waals surface area contributed by atoms with Crippen molar-refractivity contribution in [2.45, 2.75) is 19.4 Å². The molecule has 20 heavy (non-hydrogen) atoms. The second-order valence-electron chi connectivity index (χ2n) is 4.49. The molecule has 0 aliphatic rings. The molecule has 4 N–H and O–H groups in total. The van der Waals surface area contributed by atoms with E-state index in [1.54, 1.807) is 0 Å². The summed E-state index contributed by atoms with van der Waals surface area (Å²) in [6, 6.07) is 13.1. The Balaban J connectivity index is 2.16. The van der Waals surface area contributed by atoms with Crippen LogP contribution in [0.5, 0.6) is 0 Å². The van der Waals surface area contributed by atoms with Gasteiger partial charge < -0.3 is 16.4 Å². The monoisotopic (exact) mass is 287 g/mol. The van der Waals surface area contributed by atoms with Crippen LogP contribution in [-0.4, -0.2) is 17.1 Å². The number of rotatable bonds is 4. The van der Waals surface area contributed by atoms with E-state index in [9.17, 15) is 4.79 Å². The number of nitrogens with two attached hydrogens (primary N) is 1. The van der Waals surface area contributed by atoms with E-state index in [0.717, 1.165) is 16.5 Å². The molecule has 104 valence electrons. The molecular formula is C15H17N3OS. The third kappa shape index (κ3) is 3.24. The summed E-state index contributed by atoms with van der Waals surface area (Å²) in [6.45, 7) is 1.92. The Hall–Kier alpha value is -2.14. The normalized spacial score (nSPS) is 11.8. The fourth-order valence-electron chi connectivity index (χ4n) is 2.03. The molecule has 0 fully saturated rings. The zero-order valence-electron chi connectivity index (χ0n) is 11.2. The van der Waals surface area contributed by atoms with Crippen molar-refractivity contribution in [1.29, 1.82) is 0 Å². The Morgan fingerprint density at radius 2 is 1.95 bits per heavy atom. The summed E-state index contributed by atoms with van der Waals surface area (Å²) < 4.78 is 0. The maximum atomic E-state index is 12.0. The van der Waals surface area contributed by atoms with Gasteiger partial charge in [0.15, 0.2) is 0 Å². The van der Waals surface area contributed by atoms with E-state index in [4.69, 9.17) is 18.0 Å². The second-order valence-corrected chi connectivity index (χ2v) is 4.96. The van der Waals surface area contributed by atoms with Crippen LogP contribution in [0.4, 0.5) is 10.5 Å². The highest BCUT2D eigenvalue weighted by molar-refractivity contribution is 7.80. The molecule has 2 amide bonds. The zero-order valence-corrected chi connectivity index (χ0v) is 12.0. The highest BCUT2D eigenvalue weighted by Crippen LogP contribution is 2.22. The highest BCUT2D eigenvalue weighted by Gasteiger charge is 2.13. The number of benzene rings is 2. The first-order chi connectivity index (χ1) is 9.61. The van der Waals surface area contributed by atoms with E-state index in [2.05, 4.69) is 10.6 Å². The number of hydrogen-bond donors (Lipinski definition) is 3. The quantitative estimate of drug-likeness (QED) is 0.757. The molecule has 0 bridgehead atoms. The predicted octanol–water partition coefficient (Wildman–Crippen LogP) is 3.03. The summed E-state index contributed by atoms with van der Waals surface area (Å²) in [5, 5.41) is 7.67. The van der Waals surface area contributed by atoms with Crippen LogP contribution in [-0.2, 0) is 0 Å². The Morgan fingerprint density at radius 1 is 1.25 bits per heavy atom. The molecule has 0 aliphatic heterocycles. The average molecular weight is 287 g/mol. The van der Waals surface area contributed by atoms with Crippen LogP contribution in [0.2, 0.25) is 0 Å². The van der Waals surface area contributed by atoms with Gasteiger partial charge in [0.2, 0.25) is 0 Å². The number of amides is 2. The summed E-state index contributed by atoms with van der Waals surface area (Å²) in [5.41, 5.74) is 6.33. The number of hydrogen-bond acceptors (Lipinski definition) is 2. The van der Waals surface area contributed by atoms with Crippen molar-refractivity contribution in [2.75, 3.05) is 5.32 Å². The third-order valence-corrected chi connectivity index (χ3v) is 3.38. The zero-order chi connectivity index (χ0) is 14.5. The third-order valence-electron chi connectivity index (χ3n) is 3.09. The topological polar surface area (TPSA) is 67.2 Å². The van der Waals surface area contributed by atoms with Gasteiger partial charge in [-0.2, -0.15) is 0 Å². The predicted molar refractivity (Wildman–Crippen MR) is 87.0 cm³/mol. The van der Waals surface area contributed by atoms with Gasteiger partial charge in [-0.25, -0.2) is 4.79 Å². The average Bonchev–Trinajstić information content (AvgIpc) is 2.45. The van der Waals surface area contributed by atoms with Gasteiger partial charge in [-0.3, -0.25) is 0 Å². The Labute approximate surface area is 123 Å². The van der Waals surface area contributed by atoms with Crippen LogP contribution in [0.15, 0.2) is 42.5 Å². The van der Waals surface area contributed by atoms with Crippen molar-refractivity contribution < 1.29 is 4.79 Å². The number of urea groups is 1. The second kappa shape index (κ2) is 6.34. The first-order valence-electron chi connectivity index (χ1n) is 6.46. The molecular weight excluding hydrogens is 270 g/mol. The Bertz CT molecular complexity index is 637. The number of carbonyl (C=O) groups excluding carboxylic acids is 1. The fraction of sp³-hybridized carbons (Fsp3) is 0.200. The number of nitrogens with one attached hydrogen (secondary N) is 2. The lowest BCUT2D eigenvalue weighted by molar-refractivity contribution is 0.250. The van der Waals surface area contributed by atoms with Crippen LogP contribution in [0.1, 0.15) is 13.3 Å². The summed E-state index contributed by atoms with van der Waals surface area (Å²) in [5.74, 6) is 0. The van der Waals surface area contributed by atoms with Crippen molar-refractivity contribution >= 4 is 39.7 Å². The van der Waals surface area contributed by atoms with E-state index in [-0.39, 0.29) is 12.1 Å². The van der Waals surface area contributed by atoms with Crippen molar-refractivity contribution in [3.05, 3.63) is 42.5 Å². The van der Waals surface area contributed by atoms with Gasteiger partial charge in [0.1, 0.15) is 0 Å². The van der Waals surface area contributed by atoms with Crippen LogP contribution in [0.25, 0.3) is 10.8 Å². The molecule has 4 nitrogen and oxygen atoms in total. The molecule has 2 aromatic rings. The number of anilines is 1. The summed E-state index contributed by atoms with van der Waals surface area (Å²) in [7, 11) is 0. The lowest BCUT2D eigenvalue weighted by Gasteiger charge is -2.16. The standard InChI is InChI=1S/C15H17N3OS/c1-2-12(14(16)20)17-15(19)18-13-9-5-7-10-6-3-4-8-11(10)13/h3-9,12H,2H2,1H3,(H2,16,20)(H2,17,18,19). The Morgan fingerprint density at radius 3 is 2.65 bits per heavy atom. The number of fused-ring (bicyclic) bond motifs is 1. The van der Waals surface area contributed by atoms with Crippen LogP contribution in [0, 0.1) is 0 Å². The van der Waals surface area contributed by atoms with Crippen molar-refractivity contribution in [1.82, 2.24) is 5.32 Å².